The number of methoxy groups -OCH3 is 2. The summed E-state index contributed by atoms with van der Waals surface area (Å²) in [5, 5.41) is 5.82. The van der Waals surface area contributed by atoms with Gasteiger partial charge in [-0.15, -0.1) is 0 Å². The summed E-state index contributed by atoms with van der Waals surface area (Å²) in [6, 6.07) is -0.137. The maximum Gasteiger partial charge on any atom is 0.220 e. The minimum Gasteiger partial charge on any atom is -0.354 e. The summed E-state index contributed by atoms with van der Waals surface area (Å²) in [6.45, 7) is 2.70. The van der Waals surface area contributed by atoms with Crippen LogP contribution < -0.4 is 10.6 Å². The molecule has 0 bridgehead atoms. The summed E-state index contributed by atoms with van der Waals surface area (Å²) in [5.41, 5.74) is 0. The molecule has 0 aromatic heterocycles. The molecular formula is C10H22N2O3. The van der Waals surface area contributed by atoms with E-state index in [-0.39, 0.29) is 11.9 Å². The van der Waals surface area contributed by atoms with E-state index in [9.17, 15) is 4.79 Å². The molecular weight excluding hydrogens is 196 g/mol. The molecule has 0 aliphatic heterocycles. The van der Waals surface area contributed by atoms with Gasteiger partial charge < -0.3 is 20.1 Å². The number of carbonyl (C=O) groups excluding carboxylic acids is 1. The fourth-order valence-electron chi connectivity index (χ4n) is 1.32. The Labute approximate surface area is 91.5 Å². The van der Waals surface area contributed by atoms with Gasteiger partial charge in [-0.2, -0.15) is 0 Å². The molecule has 0 saturated carbocycles. The molecule has 0 aliphatic rings. The van der Waals surface area contributed by atoms with Crippen molar-refractivity contribution in [2.24, 2.45) is 0 Å². The molecule has 90 valence electrons. The van der Waals surface area contributed by atoms with Crippen molar-refractivity contribution < 1.29 is 14.3 Å². The number of carbonyl (C=O) groups is 1. The first-order chi connectivity index (χ1) is 7.15. The van der Waals surface area contributed by atoms with Crippen LogP contribution in [0.5, 0.6) is 0 Å². The molecule has 0 rings (SSSR count). The molecule has 0 radical (unpaired) electrons. The fraction of sp³-hybridized carbons (Fsp3) is 0.900. The van der Waals surface area contributed by atoms with E-state index in [2.05, 4.69) is 10.6 Å². The molecule has 1 unspecified atom stereocenters. The first kappa shape index (κ1) is 14.3. The van der Waals surface area contributed by atoms with Crippen molar-refractivity contribution in [3.05, 3.63) is 0 Å². The second-order valence-electron chi connectivity index (χ2n) is 3.40. The standard InChI is InChI=1S/C10H22N2O3/c1-8(10(14-3)15-4)12-9(13)6-5-7-11-2/h8,10-11H,5-7H2,1-4H3,(H,12,13). The molecule has 0 heterocycles. The van der Waals surface area contributed by atoms with Crippen LogP contribution in [0.4, 0.5) is 0 Å². The molecule has 0 aliphatic carbocycles. The zero-order chi connectivity index (χ0) is 11.7. The molecule has 1 atom stereocenters. The van der Waals surface area contributed by atoms with Gasteiger partial charge >= 0.3 is 0 Å². The maximum atomic E-state index is 11.4. The van der Waals surface area contributed by atoms with E-state index in [0.717, 1.165) is 13.0 Å². The predicted octanol–water partition coefficient (Wildman–Crippen LogP) is 0.110. The van der Waals surface area contributed by atoms with Crippen LogP contribution in [0.25, 0.3) is 0 Å². The zero-order valence-electron chi connectivity index (χ0n) is 10.0. The number of ether oxygens (including phenoxy) is 2. The second kappa shape index (κ2) is 8.64. The SMILES string of the molecule is CNCCCC(=O)NC(C)C(OC)OC. The monoisotopic (exact) mass is 218 g/mol. The molecule has 2 N–H and O–H groups in total. The van der Waals surface area contributed by atoms with E-state index < -0.39 is 6.29 Å². The zero-order valence-corrected chi connectivity index (χ0v) is 10.0. The van der Waals surface area contributed by atoms with Crippen LogP contribution in [-0.2, 0) is 14.3 Å². The number of hydrogen-bond acceptors (Lipinski definition) is 4. The van der Waals surface area contributed by atoms with Crippen molar-refractivity contribution in [3.8, 4) is 0 Å². The summed E-state index contributed by atoms with van der Waals surface area (Å²) in [7, 11) is 4.97. The van der Waals surface area contributed by atoms with Gasteiger partial charge in [0, 0.05) is 20.6 Å². The van der Waals surface area contributed by atoms with Crippen molar-refractivity contribution in [2.45, 2.75) is 32.1 Å². The number of rotatable bonds is 8. The van der Waals surface area contributed by atoms with Crippen LogP contribution in [0.2, 0.25) is 0 Å². The Kier molecular flexibility index (Phi) is 8.27. The summed E-state index contributed by atoms with van der Waals surface area (Å²) in [5.74, 6) is 0.0249. The molecule has 15 heavy (non-hydrogen) atoms. The number of amides is 1. The lowest BCUT2D eigenvalue weighted by Crippen LogP contribution is -2.43. The van der Waals surface area contributed by atoms with Crippen LogP contribution in [0.3, 0.4) is 0 Å². The Bertz CT molecular complexity index is 172. The normalized spacial score (nSPS) is 12.9. The summed E-state index contributed by atoms with van der Waals surface area (Å²) in [6.07, 6.45) is 0.962. The van der Waals surface area contributed by atoms with Gasteiger partial charge in [-0.05, 0) is 26.9 Å². The Hall–Kier alpha value is -0.650. The third-order valence-electron chi connectivity index (χ3n) is 2.09. The predicted molar refractivity (Wildman–Crippen MR) is 58.6 cm³/mol. The van der Waals surface area contributed by atoms with Gasteiger partial charge in [0.05, 0.1) is 6.04 Å². The molecule has 0 aromatic rings. The summed E-state index contributed by atoms with van der Waals surface area (Å²) >= 11 is 0. The largest absolute Gasteiger partial charge is 0.354 e. The van der Waals surface area contributed by atoms with Crippen LogP contribution in [0, 0.1) is 0 Å². The lowest BCUT2D eigenvalue weighted by atomic mass is 10.2. The highest BCUT2D eigenvalue weighted by Gasteiger charge is 2.17. The Morgan fingerprint density at radius 2 is 1.93 bits per heavy atom. The first-order valence-electron chi connectivity index (χ1n) is 5.15. The summed E-state index contributed by atoms with van der Waals surface area (Å²) < 4.78 is 10.1. The van der Waals surface area contributed by atoms with Crippen LogP contribution in [-0.4, -0.2) is 46.1 Å². The lowest BCUT2D eigenvalue weighted by molar-refractivity contribution is -0.135. The van der Waals surface area contributed by atoms with Crippen LogP contribution >= 0.6 is 0 Å². The Morgan fingerprint density at radius 3 is 2.40 bits per heavy atom. The van der Waals surface area contributed by atoms with E-state index in [1.807, 2.05) is 14.0 Å². The van der Waals surface area contributed by atoms with Crippen molar-refractivity contribution in [1.82, 2.24) is 10.6 Å². The van der Waals surface area contributed by atoms with Crippen LogP contribution in [0.1, 0.15) is 19.8 Å². The minimum atomic E-state index is -0.391. The molecule has 1 amide bonds. The van der Waals surface area contributed by atoms with Crippen molar-refractivity contribution in [3.63, 3.8) is 0 Å². The highest BCUT2D eigenvalue weighted by Crippen LogP contribution is 1.99. The quantitative estimate of drug-likeness (QED) is 0.448. The molecule has 0 spiro atoms. The van der Waals surface area contributed by atoms with Gasteiger partial charge in [0.2, 0.25) is 5.91 Å². The molecule has 0 saturated heterocycles. The fourth-order valence-corrected chi connectivity index (χ4v) is 1.32. The third-order valence-corrected chi connectivity index (χ3v) is 2.09. The van der Waals surface area contributed by atoms with E-state index in [0.29, 0.717) is 6.42 Å². The van der Waals surface area contributed by atoms with Crippen LogP contribution in [0.15, 0.2) is 0 Å². The van der Waals surface area contributed by atoms with E-state index in [1.54, 1.807) is 14.2 Å². The van der Waals surface area contributed by atoms with Gasteiger partial charge in [0.1, 0.15) is 0 Å². The van der Waals surface area contributed by atoms with Crippen molar-refractivity contribution in [2.75, 3.05) is 27.8 Å². The van der Waals surface area contributed by atoms with E-state index >= 15 is 0 Å². The Morgan fingerprint density at radius 1 is 1.33 bits per heavy atom. The molecule has 0 fully saturated rings. The smallest absolute Gasteiger partial charge is 0.220 e. The number of nitrogens with one attached hydrogen (secondary N) is 2. The highest BCUT2D eigenvalue weighted by atomic mass is 16.7. The number of hydrogen-bond donors (Lipinski definition) is 2. The van der Waals surface area contributed by atoms with E-state index in [4.69, 9.17) is 9.47 Å². The Balaban J connectivity index is 3.74. The first-order valence-corrected chi connectivity index (χ1v) is 5.15. The van der Waals surface area contributed by atoms with Gasteiger partial charge in [0.15, 0.2) is 6.29 Å². The molecule has 5 heteroatoms. The van der Waals surface area contributed by atoms with Crippen molar-refractivity contribution in [1.29, 1.82) is 0 Å². The van der Waals surface area contributed by atoms with Gasteiger partial charge in [-0.1, -0.05) is 0 Å². The maximum absolute atomic E-state index is 11.4. The van der Waals surface area contributed by atoms with Gasteiger partial charge in [-0.3, -0.25) is 4.79 Å². The lowest BCUT2D eigenvalue weighted by Gasteiger charge is -2.22. The summed E-state index contributed by atoms with van der Waals surface area (Å²) in [4.78, 5) is 11.4. The topological polar surface area (TPSA) is 59.6 Å². The average molecular weight is 218 g/mol. The minimum absolute atomic E-state index is 0.0249. The van der Waals surface area contributed by atoms with Crippen molar-refractivity contribution >= 4 is 5.91 Å². The van der Waals surface area contributed by atoms with Gasteiger partial charge in [-0.25, -0.2) is 0 Å². The highest BCUT2D eigenvalue weighted by molar-refractivity contribution is 5.76. The average Bonchev–Trinajstić information content (AvgIpc) is 2.20. The third kappa shape index (κ3) is 6.43. The molecule has 5 nitrogen and oxygen atoms in total. The van der Waals surface area contributed by atoms with E-state index in [1.165, 1.54) is 0 Å². The second-order valence-corrected chi connectivity index (χ2v) is 3.40. The van der Waals surface area contributed by atoms with Gasteiger partial charge in [0.25, 0.3) is 0 Å². The molecule has 0 aromatic carbocycles.